The van der Waals surface area contributed by atoms with Crippen molar-refractivity contribution >= 4 is 38.9 Å². The van der Waals surface area contributed by atoms with Crippen LogP contribution in [0.25, 0.3) is 10.2 Å². The summed E-state index contributed by atoms with van der Waals surface area (Å²) in [6.45, 7) is 9.33. The van der Waals surface area contributed by atoms with E-state index in [-0.39, 0.29) is 17.1 Å². The number of anilines is 1. The van der Waals surface area contributed by atoms with Crippen molar-refractivity contribution in [2.24, 2.45) is 5.41 Å². The van der Waals surface area contributed by atoms with Crippen molar-refractivity contribution in [3.05, 3.63) is 22.2 Å². The van der Waals surface area contributed by atoms with Gasteiger partial charge in [0.2, 0.25) is 0 Å². The number of nitrogen functional groups attached to an aromatic ring is 1. The molecule has 0 spiro atoms. The lowest BCUT2D eigenvalue weighted by atomic mass is 9.75. The van der Waals surface area contributed by atoms with Crippen LogP contribution in [0.3, 0.4) is 0 Å². The maximum absolute atomic E-state index is 12.6. The minimum atomic E-state index is -0.0760. The van der Waals surface area contributed by atoms with E-state index in [4.69, 9.17) is 5.73 Å². The number of hydrogen-bond donors (Lipinski definition) is 1. The Morgan fingerprint density at radius 2 is 2.00 bits per heavy atom. The van der Waals surface area contributed by atoms with E-state index in [1.807, 2.05) is 19.9 Å². The first-order valence-electron chi connectivity index (χ1n) is 8.31. The number of nitrogens with two attached hydrogens (primary N) is 1. The first-order chi connectivity index (χ1) is 11.3. The summed E-state index contributed by atoms with van der Waals surface area (Å²) in [6, 6.07) is 1.83. The number of carbonyl (C=O) groups excluding carboxylic acids is 2. The fraction of sp³-hybridized carbons (Fsp3) is 0.500. The zero-order valence-electron chi connectivity index (χ0n) is 14.6. The highest BCUT2D eigenvalue weighted by atomic mass is 32.1. The second-order valence-corrected chi connectivity index (χ2v) is 8.10. The summed E-state index contributed by atoms with van der Waals surface area (Å²) in [4.78, 5) is 32.8. The smallest absolute Gasteiger partial charge is 0.266 e. The zero-order valence-corrected chi connectivity index (χ0v) is 15.4. The lowest BCUT2D eigenvalue weighted by Gasteiger charge is -2.29. The molecule has 1 aliphatic rings. The minimum absolute atomic E-state index is 0.0647. The number of ketones is 1. The third-order valence-corrected chi connectivity index (χ3v) is 5.73. The molecule has 5 nitrogen and oxygen atoms in total. The Labute approximate surface area is 145 Å². The normalized spacial score (nSPS) is 16.2. The summed E-state index contributed by atoms with van der Waals surface area (Å²) >= 11 is 1.33. The van der Waals surface area contributed by atoms with Crippen LogP contribution < -0.4 is 5.73 Å². The van der Waals surface area contributed by atoms with E-state index in [0.717, 1.165) is 22.3 Å². The highest BCUT2D eigenvalue weighted by molar-refractivity contribution is 7.21. The first-order valence-corrected chi connectivity index (χ1v) is 9.13. The van der Waals surface area contributed by atoms with Crippen LogP contribution in [0.15, 0.2) is 6.07 Å². The number of nitrogens with zero attached hydrogens (tertiary/aromatic N) is 2. The van der Waals surface area contributed by atoms with E-state index in [1.54, 1.807) is 4.90 Å². The summed E-state index contributed by atoms with van der Waals surface area (Å²) in [5, 5.41) is 0.724. The molecule has 2 N–H and O–H groups in total. The van der Waals surface area contributed by atoms with Crippen molar-refractivity contribution in [2.75, 3.05) is 18.8 Å². The van der Waals surface area contributed by atoms with Crippen molar-refractivity contribution in [3.63, 3.8) is 0 Å². The second-order valence-electron chi connectivity index (χ2n) is 7.10. The molecule has 1 aliphatic carbocycles. The van der Waals surface area contributed by atoms with Gasteiger partial charge in [0.05, 0.1) is 11.4 Å². The van der Waals surface area contributed by atoms with Crippen LogP contribution in [0, 0.1) is 5.41 Å². The van der Waals surface area contributed by atoms with Crippen LogP contribution in [0.5, 0.6) is 0 Å². The Morgan fingerprint density at radius 1 is 1.33 bits per heavy atom. The monoisotopic (exact) mass is 345 g/mol. The van der Waals surface area contributed by atoms with Crippen LogP contribution in [0.2, 0.25) is 0 Å². The molecule has 2 aromatic heterocycles. The predicted molar refractivity (Wildman–Crippen MR) is 97.7 cm³/mol. The lowest BCUT2D eigenvalue weighted by molar-refractivity contribution is 0.0778. The maximum atomic E-state index is 12.6. The predicted octanol–water partition coefficient (Wildman–Crippen LogP) is 3.52. The molecule has 128 valence electrons. The SMILES string of the molecule is CCN(CC)C(=O)c1sc2nc3c(cc2c1N)C(=O)CC(C)(C)C3. The average molecular weight is 345 g/mol. The van der Waals surface area contributed by atoms with Crippen LogP contribution in [-0.4, -0.2) is 34.7 Å². The number of amides is 1. The van der Waals surface area contributed by atoms with Gasteiger partial charge >= 0.3 is 0 Å². The van der Waals surface area contributed by atoms with Gasteiger partial charge in [-0.05, 0) is 31.7 Å². The number of thiophene rings is 1. The maximum Gasteiger partial charge on any atom is 0.266 e. The molecule has 0 bridgehead atoms. The molecule has 2 aromatic rings. The van der Waals surface area contributed by atoms with E-state index >= 15 is 0 Å². The summed E-state index contributed by atoms with van der Waals surface area (Å²) in [5.74, 6) is 0.0444. The average Bonchev–Trinajstić information content (AvgIpc) is 2.82. The van der Waals surface area contributed by atoms with Gasteiger partial charge in [0.25, 0.3) is 5.91 Å². The number of Topliss-reactive ketones (excluding diaryl/α,β-unsaturated/α-hetero) is 1. The van der Waals surface area contributed by atoms with Crippen molar-refractivity contribution in [3.8, 4) is 0 Å². The molecule has 0 unspecified atom stereocenters. The molecule has 3 rings (SSSR count). The molecular formula is C18H23N3O2S. The van der Waals surface area contributed by atoms with Gasteiger partial charge in [-0.1, -0.05) is 13.8 Å². The Hall–Kier alpha value is -1.95. The fourth-order valence-electron chi connectivity index (χ4n) is 3.31. The van der Waals surface area contributed by atoms with E-state index in [2.05, 4.69) is 18.8 Å². The first kappa shape index (κ1) is 16.9. The van der Waals surface area contributed by atoms with E-state index in [1.165, 1.54) is 11.3 Å². The van der Waals surface area contributed by atoms with Crippen molar-refractivity contribution in [1.29, 1.82) is 0 Å². The Balaban J connectivity index is 2.13. The summed E-state index contributed by atoms with van der Waals surface area (Å²) in [5.41, 5.74) is 8.09. The molecular weight excluding hydrogens is 322 g/mol. The van der Waals surface area contributed by atoms with E-state index in [9.17, 15) is 9.59 Å². The second kappa shape index (κ2) is 5.84. The van der Waals surface area contributed by atoms with Crippen LogP contribution in [-0.2, 0) is 6.42 Å². The third kappa shape index (κ3) is 2.69. The van der Waals surface area contributed by atoms with Crippen molar-refractivity contribution < 1.29 is 9.59 Å². The minimum Gasteiger partial charge on any atom is -0.397 e. The number of pyridine rings is 1. The lowest BCUT2D eigenvalue weighted by Crippen LogP contribution is -2.30. The molecule has 0 radical (unpaired) electrons. The number of hydrogen-bond acceptors (Lipinski definition) is 5. The molecule has 6 heteroatoms. The summed E-state index contributed by atoms with van der Waals surface area (Å²) in [7, 11) is 0. The fourth-order valence-corrected chi connectivity index (χ4v) is 4.38. The highest BCUT2D eigenvalue weighted by Gasteiger charge is 2.33. The number of aromatic nitrogens is 1. The Bertz CT molecular complexity index is 834. The van der Waals surface area contributed by atoms with Crippen LogP contribution in [0.4, 0.5) is 5.69 Å². The summed E-state index contributed by atoms with van der Waals surface area (Å²) < 4.78 is 0. The molecule has 0 aliphatic heterocycles. The standard InChI is InChI=1S/C18H23N3O2S/c1-5-21(6-2)17(23)15-14(19)11-7-10-12(20-16(11)24-15)8-18(3,4)9-13(10)22/h7H,5-6,8-9,19H2,1-4H3. The topological polar surface area (TPSA) is 76.3 Å². The van der Waals surface area contributed by atoms with Gasteiger partial charge in [0, 0.05) is 30.5 Å². The van der Waals surface area contributed by atoms with Gasteiger partial charge < -0.3 is 10.6 Å². The Morgan fingerprint density at radius 3 is 2.62 bits per heavy atom. The quantitative estimate of drug-likeness (QED) is 0.923. The van der Waals surface area contributed by atoms with Gasteiger partial charge in [-0.15, -0.1) is 11.3 Å². The molecule has 24 heavy (non-hydrogen) atoms. The van der Waals surface area contributed by atoms with Crippen molar-refractivity contribution in [1.82, 2.24) is 9.88 Å². The number of fused-ring (bicyclic) bond motifs is 2. The molecule has 0 fully saturated rings. The summed E-state index contributed by atoms with van der Waals surface area (Å²) in [6.07, 6.45) is 1.28. The molecule has 0 saturated heterocycles. The van der Waals surface area contributed by atoms with Crippen molar-refractivity contribution in [2.45, 2.75) is 40.5 Å². The zero-order chi connectivity index (χ0) is 17.6. The largest absolute Gasteiger partial charge is 0.397 e. The molecule has 2 heterocycles. The number of carbonyl (C=O) groups is 2. The highest BCUT2D eigenvalue weighted by Crippen LogP contribution is 2.39. The Kier molecular flexibility index (Phi) is 4.11. The van der Waals surface area contributed by atoms with Crippen LogP contribution in [0.1, 0.15) is 59.8 Å². The van der Waals surface area contributed by atoms with Gasteiger partial charge in [-0.2, -0.15) is 0 Å². The van der Waals surface area contributed by atoms with Gasteiger partial charge in [-0.3, -0.25) is 9.59 Å². The van der Waals surface area contributed by atoms with Gasteiger partial charge in [-0.25, -0.2) is 4.98 Å². The third-order valence-electron chi connectivity index (χ3n) is 4.63. The van der Waals surface area contributed by atoms with Gasteiger partial charge in [0.1, 0.15) is 9.71 Å². The molecule has 0 atom stereocenters. The van der Waals surface area contributed by atoms with Crippen LogP contribution >= 0.6 is 11.3 Å². The molecule has 1 amide bonds. The number of rotatable bonds is 3. The van der Waals surface area contributed by atoms with E-state index < -0.39 is 0 Å². The molecule has 0 saturated carbocycles. The molecule has 0 aromatic carbocycles. The van der Waals surface area contributed by atoms with Gasteiger partial charge in [0.15, 0.2) is 5.78 Å². The van der Waals surface area contributed by atoms with E-state index in [0.29, 0.717) is 35.6 Å².